The second kappa shape index (κ2) is 9.56. The smallest absolute Gasteiger partial charge is 0.211 e. The van der Waals surface area contributed by atoms with E-state index in [1.165, 1.54) is 11.6 Å². The summed E-state index contributed by atoms with van der Waals surface area (Å²) in [6, 6.07) is 13.2. The van der Waals surface area contributed by atoms with Gasteiger partial charge in [0.1, 0.15) is 19.0 Å². The number of hydrogen-bond donors (Lipinski definition) is 2. The highest BCUT2D eigenvalue weighted by atomic mass is 32.2. The predicted octanol–water partition coefficient (Wildman–Crippen LogP) is 2.45. The van der Waals surface area contributed by atoms with Crippen molar-refractivity contribution in [1.29, 1.82) is 0 Å². The minimum Gasteiger partial charge on any atom is -0.492 e. The van der Waals surface area contributed by atoms with Crippen LogP contribution in [-0.4, -0.2) is 47.0 Å². The maximum Gasteiger partial charge on any atom is 0.211 e. The number of hydrogen-bond acceptors (Lipinski definition) is 5. The monoisotopic (exact) mass is 422 g/mol. The Morgan fingerprint density at radius 2 is 2.00 bits per heavy atom. The number of sulfonamides is 1. The van der Waals surface area contributed by atoms with Gasteiger partial charge in [-0.05, 0) is 32.0 Å². The van der Waals surface area contributed by atoms with Gasteiger partial charge >= 0.3 is 0 Å². The Kier molecular flexibility index (Phi) is 7.10. The molecule has 2 N–H and O–H groups in total. The molecular weight excluding hydrogens is 395 g/mol. The minimum atomic E-state index is -3.30. The van der Waals surface area contributed by atoms with Crippen molar-refractivity contribution in [2.45, 2.75) is 25.3 Å². The van der Waals surface area contributed by atoms with Crippen LogP contribution in [0.25, 0.3) is 0 Å². The molecule has 0 amide bonds. The van der Waals surface area contributed by atoms with E-state index in [2.05, 4.69) is 22.2 Å². The van der Waals surface area contributed by atoms with Crippen LogP contribution in [0.3, 0.4) is 0 Å². The summed E-state index contributed by atoms with van der Waals surface area (Å²) in [7, 11) is -1.42. The van der Waals surface area contributed by atoms with E-state index in [0.29, 0.717) is 12.4 Å². The normalized spacial score (nSPS) is 18.7. The van der Waals surface area contributed by atoms with Crippen molar-refractivity contribution >= 4 is 10.0 Å². The Balaban J connectivity index is 1.79. The SMILES string of the molecule is CCS(=O)(=O)NCCOc1cc2c(cc1F)OC[C@@H](NC)[C@@H]2Cc1ccccc1. The Hall–Kier alpha value is -2.16. The van der Waals surface area contributed by atoms with E-state index in [4.69, 9.17) is 9.47 Å². The first-order valence-corrected chi connectivity index (χ1v) is 11.4. The summed E-state index contributed by atoms with van der Waals surface area (Å²) < 4.78 is 51.2. The summed E-state index contributed by atoms with van der Waals surface area (Å²) in [5.41, 5.74) is 2.07. The van der Waals surface area contributed by atoms with E-state index in [0.717, 1.165) is 12.0 Å². The highest BCUT2D eigenvalue weighted by Gasteiger charge is 2.31. The van der Waals surface area contributed by atoms with Gasteiger partial charge in [0.15, 0.2) is 11.6 Å². The lowest BCUT2D eigenvalue weighted by atomic mass is 9.84. The molecule has 1 aliphatic rings. The molecule has 8 heteroatoms. The molecule has 0 saturated heterocycles. The Morgan fingerprint density at radius 1 is 1.24 bits per heavy atom. The van der Waals surface area contributed by atoms with Crippen LogP contribution >= 0.6 is 0 Å². The van der Waals surface area contributed by atoms with Crippen LogP contribution in [-0.2, 0) is 16.4 Å². The first-order valence-electron chi connectivity index (χ1n) is 9.71. The summed E-state index contributed by atoms with van der Waals surface area (Å²) in [4.78, 5) is 0. The van der Waals surface area contributed by atoms with Crippen molar-refractivity contribution in [3.05, 3.63) is 59.4 Å². The maximum atomic E-state index is 14.5. The third-order valence-corrected chi connectivity index (χ3v) is 6.50. The lowest BCUT2D eigenvalue weighted by molar-refractivity contribution is 0.215. The van der Waals surface area contributed by atoms with Crippen molar-refractivity contribution < 1.29 is 22.3 Å². The second-order valence-corrected chi connectivity index (χ2v) is 9.06. The van der Waals surface area contributed by atoms with Crippen LogP contribution in [0.1, 0.15) is 24.0 Å². The molecule has 1 heterocycles. The van der Waals surface area contributed by atoms with Crippen molar-refractivity contribution in [2.75, 3.05) is 32.6 Å². The van der Waals surface area contributed by atoms with Crippen LogP contribution in [0.15, 0.2) is 42.5 Å². The lowest BCUT2D eigenvalue weighted by Gasteiger charge is -2.34. The summed E-state index contributed by atoms with van der Waals surface area (Å²) in [6.07, 6.45) is 0.782. The largest absolute Gasteiger partial charge is 0.492 e. The van der Waals surface area contributed by atoms with Crippen molar-refractivity contribution in [3.63, 3.8) is 0 Å². The van der Waals surface area contributed by atoms with E-state index < -0.39 is 15.8 Å². The second-order valence-electron chi connectivity index (χ2n) is 6.97. The Bertz CT molecular complexity index is 922. The number of rotatable bonds is 9. The van der Waals surface area contributed by atoms with Crippen LogP contribution in [0.5, 0.6) is 11.5 Å². The van der Waals surface area contributed by atoms with Crippen LogP contribution in [0.4, 0.5) is 4.39 Å². The molecule has 2 aromatic rings. The standard InChI is InChI=1S/C21H27FN2O4S/c1-3-29(25,26)24-9-10-27-21-12-17-16(11-15-7-5-4-6-8-15)19(23-2)14-28-20(17)13-18(21)22/h4-8,12-13,16,19,23-24H,3,9-11,14H2,1-2H3/t16-,19-/m1/s1. The zero-order valence-electron chi connectivity index (χ0n) is 16.7. The lowest BCUT2D eigenvalue weighted by Crippen LogP contribution is -2.41. The molecule has 2 aromatic carbocycles. The minimum absolute atomic E-state index is 0.00980. The average Bonchev–Trinajstić information content (AvgIpc) is 2.72. The molecule has 0 aromatic heterocycles. The van der Waals surface area contributed by atoms with Gasteiger partial charge in [0.2, 0.25) is 10.0 Å². The molecule has 0 unspecified atom stereocenters. The molecule has 0 fully saturated rings. The first kappa shape index (κ1) is 21.5. The molecule has 3 rings (SSSR count). The number of benzene rings is 2. The van der Waals surface area contributed by atoms with E-state index >= 15 is 0 Å². The molecule has 0 bridgehead atoms. The van der Waals surface area contributed by atoms with Gasteiger partial charge in [0, 0.05) is 30.1 Å². The molecule has 158 valence electrons. The molecule has 29 heavy (non-hydrogen) atoms. The van der Waals surface area contributed by atoms with Gasteiger partial charge in [-0.3, -0.25) is 0 Å². The maximum absolute atomic E-state index is 14.5. The third kappa shape index (κ3) is 5.46. The molecule has 6 nitrogen and oxygen atoms in total. The highest BCUT2D eigenvalue weighted by molar-refractivity contribution is 7.89. The third-order valence-electron chi connectivity index (χ3n) is 5.10. The van der Waals surface area contributed by atoms with Crippen molar-refractivity contribution in [3.8, 4) is 11.5 Å². The summed E-state index contributed by atoms with van der Waals surface area (Å²) in [5.74, 6) is 0.174. The van der Waals surface area contributed by atoms with Gasteiger partial charge in [-0.1, -0.05) is 30.3 Å². The summed E-state index contributed by atoms with van der Waals surface area (Å²) in [6.45, 7) is 2.13. The molecule has 0 radical (unpaired) electrons. The quantitative estimate of drug-likeness (QED) is 0.607. The Morgan fingerprint density at radius 3 is 2.69 bits per heavy atom. The van der Waals surface area contributed by atoms with Crippen LogP contribution in [0.2, 0.25) is 0 Å². The average molecular weight is 423 g/mol. The Labute approximate surface area is 171 Å². The topological polar surface area (TPSA) is 76.7 Å². The summed E-state index contributed by atoms with van der Waals surface area (Å²) >= 11 is 0. The van der Waals surface area contributed by atoms with E-state index in [-0.39, 0.29) is 36.6 Å². The zero-order chi connectivity index (χ0) is 20.9. The van der Waals surface area contributed by atoms with Gasteiger partial charge in [-0.2, -0.15) is 0 Å². The fourth-order valence-corrected chi connectivity index (χ4v) is 4.05. The van der Waals surface area contributed by atoms with Crippen LogP contribution in [0, 0.1) is 5.82 Å². The zero-order valence-corrected chi connectivity index (χ0v) is 17.5. The van der Waals surface area contributed by atoms with Crippen LogP contribution < -0.4 is 19.5 Å². The highest BCUT2D eigenvalue weighted by Crippen LogP contribution is 2.39. The number of ether oxygens (including phenoxy) is 2. The van der Waals surface area contributed by atoms with Gasteiger partial charge in [0.05, 0.1) is 5.75 Å². The first-order chi connectivity index (χ1) is 13.9. The predicted molar refractivity (Wildman–Crippen MR) is 111 cm³/mol. The van der Waals surface area contributed by atoms with Gasteiger partial charge in [-0.15, -0.1) is 0 Å². The van der Waals surface area contributed by atoms with Crippen molar-refractivity contribution in [1.82, 2.24) is 10.0 Å². The molecule has 2 atom stereocenters. The van der Waals surface area contributed by atoms with E-state index in [1.807, 2.05) is 25.2 Å². The van der Waals surface area contributed by atoms with Crippen molar-refractivity contribution in [2.24, 2.45) is 0 Å². The number of likely N-dealkylation sites (N-methyl/N-ethyl adjacent to an activating group) is 1. The van der Waals surface area contributed by atoms with Gasteiger partial charge < -0.3 is 14.8 Å². The molecule has 0 aliphatic carbocycles. The number of nitrogens with one attached hydrogen (secondary N) is 2. The molecule has 0 saturated carbocycles. The van der Waals surface area contributed by atoms with Gasteiger partial charge in [-0.25, -0.2) is 17.5 Å². The fourth-order valence-electron chi connectivity index (χ4n) is 3.45. The molecule has 1 aliphatic heterocycles. The van der Waals surface area contributed by atoms with E-state index in [9.17, 15) is 12.8 Å². The number of halogens is 1. The van der Waals surface area contributed by atoms with E-state index in [1.54, 1.807) is 13.0 Å². The fraction of sp³-hybridized carbons (Fsp3) is 0.429. The van der Waals surface area contributed by atoms with Gasteiger partial charge in [0.25, 0.3) is 0 Å². The molecule has 0 spiro atoms. The summed E-state index contributed by atoms with van der Waals surface area (Å²) in [5, 5.41) is 3.29. The molecular formula is C21H27FN2O4S. The number of fused-ring (bicyclic) bond motifs is 1.